The molecule has 0 amide bonds. The summed E-state index contributed by atoms with van der Waals surface area (Å²) in [5.74, 6) is 0.678. The van der Waals surface area contributed by atoms with Gasteiger partial charge in [0.2, 0.25) is 0 Å². The quantitative estimate of drug-likeness (QED) is 0.746. The normalized spacial score (nSPS) is 20.0. The van der Waals surface area contributed by atoms with Crippen molar-refractivity contribution in [3.8, 4) is 0 Å². The Bertz CT molecular complexity index is 399. The van der Waals surface area contributed by atoms with E-state index in [1.807, 2.05) is 6.07 Å². The molecule has 0 bridgehead atoms. The second kappa shape index (κ2) is 6.03. The molecule has 2 rings (SSSR count). The molecule has 1 aromatic carbocycles. The Morgan fingerprint density at radius 1 is 1.39 bits per heavy atom. The molecular formula is C15H21ClFN. The van der Waals surface area contributed by atoms with Crippen molar-refractivity contribution in [3.05, 3.63) is 35.1 Å². The van der Waals surface area contributed by atoms with Crippen molar-refractivity contribution in [2.75, 3.05) is 19.6 Å². The van der Waals surface area contributed by atoms with Gasteiger partial charge in [0, 0.05) is 6.54 Å². The lowest BCUT2D eigenvalue weighted by atomic mass is 9.98. The predicted octanol–water partition coefficient (Wildman–Crippen LogP) is 4.15. The van der Waals surface area contributed by atoms with E-state index in [9.17, 15) is 4.39 Å². The van der Waals surface area contributed by atoms with Gasteiger partial charge in [0.1, 0.15) is 5.82 Å². The van der Waals surface area contributed by atoms with Crippen molar-refractivity contribution >= 4 is 11.6 Å². The van der Waals surface area contributed by atoms with Crippen molar-refractivity contribution in [1.82, 2.24) is 4.90 Å². The third-order valence-electron chi connectivity index (χ3n) is 3.84. The molecule has 1 atom stereocenters. The fourth-order valence-corrected chi connectivity index (χ4v) is 2.77. The van der Waals surface area contributed by atoms with Crippen LogP contribution in [0.1, 0.15) is 36.3 Å². The zero-order valence-electron chi connectivity index (χ0n) is 11.1. The van der Waals surface area contributed by atoms with Crippen LogP contribution >= 0.6 is 11.6 Å². The number of halogens is 2. The van der Waals surface area contributed by atoms with Gasteiger partial charge < -0.3 is 4.90 Å². The van der Waals surface area contributed by atoms with E-state index in [1.54, 1.807) is 13.0 Å². The van der Waals surface area contributed by atoms with Gasteiger partial charge in [-0.15, -0.1) is 11.6 Å². The summed E-state index contributed by atoms with van der Waals surface area (Å²) < 4.78 is 13.2. The van der Waals surface area contributed by atoms with Crippen LogP contribution in [-0.2, 0) is 0 Å². The van der Waals surface area contributed by atoms with Crippen LogP contribution in [0, 0.1) is 18.7 Å². The van der Waals surface area contributed by atoms with Crippen LogP contribution in [0.2, 0.25) is 0 Å². The monoisotopic (exact) mass is 269 g/mol. The summed E-state index contributed by atoms with van der Waals surface area (Å²) in [7, 11) is 0. The highest BCUT2D eigenvalue weighted by molar-refractivity contribution is 6.21. The van der Waals surface area contributed by atoms with Gasteiger partial charge in [0.15, 0.2) is 0 Å². The minimum Gasteiger partial charge on any atom is -0.302 e. The third kappa shape index (κ3) is 3.46. The first-order chi connectivity index (χ1) is 8.56. The number of alkyl halides is 1. The van der Waals surface area contributed by atoms with Crippen molar-refractivity contribution in [1.29, 1.82) is 0 Å². The first kappa shape index (κ1) is 13.8. The molecule has 1 nitrogen and oxygen atoms in total. The van der Waals surface area contributed by atoms with E-state index in [4.69, 9.17) is 11.6 Å². The minimum atomic E-state index is -0.158. The molecule has 0 aliphatic carbocycles. The summed E-state index contributed by atoms with van der Waals surface area (Å²) >= 11 is 6.44. The highest BCUT2D eigenvalue weighted by Gasteiger charge is 2.19. The molecule has 1 aliphatic heterocycles. The van der Waals surface area contributed by atoms with Gasteiger partial charge in [0.25, 0.3) is 0 Å². The molecule has 0 aromatic heterocycles. The zero-order chi connectivity index (χ0) is 13.1. The molecule has 100 valence electrons. The number of likely N-dealkylation sites (tertiary alicyclic amines) is 1. The smallest absolute Gasteiger partial charge is 0.126 e. The number of aryl methyl sites for hydroxylation is 1. The largest absolute Gasteiger partial charge is 0.302 e. The van der Waals surface area contributed by atoms with Crippen LogP contribution in [0.5, 0.6) is 0 Å². The SMILES string of the molecule is Cc1cc(C(Cl)CN2CCC(C)CC2)ccc1F. The average Bonchev–Trinajstić information content (AvgIpc) is 2.35. The topological polar surface area (TPSA) is 3.24 Å². The highest BCUT2D eigenvalue weighted by atomic mass is 35.5. The maximum absolute atomic E-state index is 13.2. The highest BCUT2D eigenvalue weighted by Crippen LogP contribution is 2.25. The minimum absolute atomic E-state index is 0.0438. The first-order valence-electron chi connectivity index (χ1n) is 6.68. The summed E-state index contributed by atoms with van der Waals surface area (Å²) in [6.07, 6.45) is 2.51. The second-order valence-electron chi connectivity index (χ2n) is 5.46. The summed E-state index contributed by atoms with van der Waals surface area (Å²) in [5, 5.41) is -0.0438. The molecule has 0 saturated carbocycles. The predicted molar refractivity (Wildman–Crippen MR) is 74.6 cm³/mol. The Morgan fingerprint density at radius 3 is 2.67 bits per heavy atom. The van der Waals surface area contributed by atoms with Crippen LogP contribution in [0.15, 0.2) is 18.2 Å². The molecule has 0 N–H and O–H groups in total. The molecule has 1 unspecified atom stereocenters. The Morgan fingerprint density at radius 2 is 2.06 bits per heavy atom. The fraction of sp³-hybridized carbons (Fsp3) is 0.600. The van der Waals surface area contributed by atoms with Gasteiger partial charge in [-0.05, 0) is 56.0 Å². The van der Waals surface area contributed by atoms with E-state index in [2.05, 4.69) is 11.8 Å². The molecule has 1 heterocycles. The first-order valence-corrected chi connectivity index (χ1v) is 7.12. The van der Waals surface area contributed by atoms with E-state index < -0.39 is 0 Å². The molecule has 1 saturated heterocycles. The molecule has 1 aromatic rings. The number of rotatable bonds is 3. The Hall–Kier alpha value is -0.600. The molecule has 0 radical (unpaired) electrons. The molecule has 1 fully saturated rings. The fourth-order valence-electron chi connectivity index (χ4n) is 2.44. The molecule has 3 heteroatoms. The van der Waals surface area contributed by atoms with Crippen molar-refractivity contribution in [3.63, 3.8) is 0 Å². The Balaban J connectivity index is 1.94. The van der Waals surface area contributed by atoms with Crippen molar-refractivity contribution < 1.29 is 4.39 Å². The molecule has 0 spiro atoms. The van der Waals surface area contributed by atoms with E-state index >= 15 is 0 Å². The molecule has 1 aliphatic rings. The van der Waals surface area contributed by atoms with Crippen molar-refractivity contribution in [2.45, 2.75) is 32.1 Å². The van der Waals surface area contributed by atoms with Crippen LogP contribution < -0.4 is 0 Å². The molecular weight excluding hydrogens is 249 g/mol. The van der Waals surface area contributed by atoms with Gasteiger partial charge in [0.05, 0.1) is 5.38 Å². The Labute approximate surface area is 114 Å². The second-order valence-corrected chi connectivity index (χ2v) is 5.99. The summed E-state index contributed by atoms with van der Waals surface area (Å²) in [6.45, 7) is 7.21. The van der Waals surface area contributed by atoms with Crippen LogP contribution in [0.4, 0.5) is 4.39 Å². The van der Waals surface area contributed by atoms with Crippen LogP contribution in [-0.4, -0.2) is 24.5 Å². The van der Waals surface area contributed by atoms with Gasteiger partial charge in [-0.1, -0.05) is 19.1 Å². The van der Waals surface area contributed by atoms with Crippen LogP contribution in [0.3, 0.4) is 0 Å². The summed E-state index contributed by atoms with van der Waals surface area (Å²) in [5.41, 5.74) is 1.69. The van der Waals surface area contributed by atoms with E-state index in [0.717, 1.165) is 31.1 Å². The maximum Gasteiger partial charge on any atom is 0.126 e. The average molecular weight is 270 g/mol. The van der Waals surface area contributed by atoms with Gasteiger partial charge in [-0.25, -0.2) is 4.39 Å². The zero-order valence-corrected chi connectivity index (χ0v) is 11.9. The lowest BCUT2D eigenvalue weighted by Crippen LogP contribution is -2.35. The number of benzene rings is 1. The lowest BCUT2D eigenvalue weighted by molar-refractivity contribution is 0.192. The lowest BCUT2D eigenvalue weighted by Gasteiger charge is -2.31. The standard InChI is InChI=1S/C15H21ClFN/c1-11-5-7-18(8-6-11)10-14(16)13-3-4-15(17)12(2)9-13/h3-4,9,11,14H,5-8,10H2,1-2H3. The molecule has 18 heavy (non-hydrogen) atoms. The van der Waals surface area contributed by atoms with E-state index in [1.165, 1.54) is 18.9 Å². The van der Waals surface area contributed by atoms with E-state index in [0.29, 0.717) is 5.56 Å². The van der Waals surface area contributed by atoms with Crippen molar-refractivity contribution in [2.24, 2.45) is 5.92 Å². The van der Waals surface area contributed by atoms with Gasteiger partial charge >= 0.3 is 0 Å². The van der Waals surface area contributed by atoms with Crippen LogP contribution in [0.25, 0.3) is 0 Å². The van der Waals surface area contributed by atoms with E-state index in [-0.39, 0.29) is 11.2 Å². The summed E-state index contributed by atoms with van der Waals surface area (Å²) in [6, 6.07) is 5.17. The van der Waals surface area contributed by atoms with Gasteiger partial charge in [-0.3, -0.25) is 0 Å². The number of piperidine rings is 1. The summed E-state index contributed by atoms with van der Waals surface area (Å²) in [4.78, 5) is 2.41. The Kier molecular flexibility index (Phi) is 4.63. The number of hydrogen-bond acceptors (Lipinski definition) is 1. The third-order valence-corrected chi connectivity index (χ3v) is 4.23. The van der Waals surface area contributed by atoms with Gasteiger partial charge in [-0.2, -0.15) is 0 Å². The maximum atomic E-state index is 13.2. The number of nitrogens with zero attached hydrogens (tertiary/aromatic N) is 1. The number of hydrogen-bond donors (Lipinski definition) is 0.